The van der Waals surface area contributed by atoms with Gasteiger partial charge in [-0.3, -0.25) is 4.79 Å². The van der Waals surface area contributed by atoms with E-state index in [-0.39, 0.29) is 5.91 Å². The normalized spacial score (nSPS) is 14.8. The van der Waals surface area contributed by atoms with Crippen LogP contribution in [0.5, 0.6) is 0 Å². The van der Waals surface area contributed by atoms with Crippen LogP contribution in [0.25, 0.3) is 0 Å². The van der Waals surface area contributed by atoms with Gasteiger partial charge < -0.3 is 4.90 Å². The maximum atomic E-state index is 11.5. The first-order valence-corrected chi connectivity index (χ1v) is 5.32. The molecule has 0 atom stereocenters. The molecule has 0 radical (unpaired) electrons. The summed E-state index contributed by atoms with van der Waals surface area (Å²) in [5, 5.41) is 0. The van der Waals surface area contributed by atoms with Gasteiger partial charge in [0, 0.05) is 22.8 Å². The quantitative estimate of drug-likeness (QED) is 0.658. The number of rotatable bonds is 2. The Morgan fingerprint density at radius 2 is 2.23 bits per heavy atom. The van der Waals surface area contributed by atoms with Crippen molar-refractivity contribution in [3.05, 3.63) is 21.4 Å². The molecule has 0 spiro atoms. The molecule has 1 aromatic heterocycles. The molecule has 0 saturated carbocycles. The molecular formula is C10H13NOS. The highest BCUT2D eigenvalue weighted by molar-refractivity contribution is 7.12. The van der Waals surface area contributed by atoms with Gasteiger partial charge in [0.05, 0.1) is 6.42 Å². The standard InChI is InChI=1S/C10H13NOS/c1-7-5-9(8(2)13-7)6-10(12)11-3-4-11/h5H,3-4,6H2,1-2H3. The summed E-state index contributed by atoms with van der Waals surface area (Å²) in [4.78, 5) is 15.9. The second-order valence-corrected chi connectivity index (χ2v) is 4.96. The molecular weight excluding hydrogens is 182 g/mol. The Balaban J connectivity index is 2.07. The van der Waals surface area contributed by atoms with Gasteiger partial charge in [-0.15, -0.1) is 11.3 Å². The molecule has 1 aromatic rings. The molecule has 2 nitrogen and oxygen atoms in total. The van der Waals surface area contributed by atoms with Gasteiger partial charge in [0.25, 0.3) is 0 Å². The SMILES string of the molecule is Cc1cc(CC(=O)N2CC2)c(C)s1. The van der Waals surface area contributed by atoms with Gasteiger partial charge in [-0.2, -0.15) is 0 Å². The maximum Gasteiger partial charge on any atom is 0.227 e. The smallest absolute Gasteiger partial charge is 0.227 e. The second-order valence-electron chi connectivity index (χ2n) is 3.50. The van der Waals surface area contributed by atoms with E-state index in [0.29, 0.717) is 6.42 Å². The molecule has 1 amide bonds. The minimum atomic E-state index is 0.279. The Labute approximate surface area is 82.2 Å². The predicted octanol–water partition coefficient (Wildman–Crippen LogP) is 1.75. The lowest BCUT2D eigenvalue weighted by Crippen LogP contribution is -2.13. The fourth-order valence-electron chi connectivity index (χ4n) is 1.43. The van der Waals surface area contributed by atoms with E-state index in [1.807, 2.05) is 4.90 Å². The molecule has 0 N–H and O–H groups in total. The van der Waals surface area contributed by atoms with Crippen LogP contribution in [0.4, 0.5) is 0 Å². The van der Waals surface area contributed by atoms with E-state index in [9.17, 15) is 4.79 Å². The van der Waals surface area contributed by atoms with E-state index in [1.54, 1.807) is 11.3 Å². The summed E-state index contributed by atoms with van der Waals surface area (Å²) in [6.07, 6.45) is 0.593. The Kier molecular flexibility index (Phi) is 2.12. The van der Waals surface area contributed by atoms with Crippen molar-refractivity contribution in [1.82, 2.24) is 4.90 Å². The van der Waals surface area contributed by atoms with Crippen molar-refractivity contribution >= 4 is 17.2 Å². The molecule has 1 aliphatic heterocycles. The first kappa shape index (κ1) is 8.75. The molecule has 0 aromatic carbocycles. The zero-order valence-corrected chi connectivity index (χ0v) is 8.78. The summed E-state index contributed by atoms with van der Waals surface area (Å²) in [5.41, 5.74) is 1.21. The van der Waals surface area contributed by atoms with Crippen LogP contribution >= 0.6 is 11.3 Å². The van der Waals surface area contributed by atoms with Gasteiger partial charge >= 0.3 is 0 Å². The average Bonchev–Trinajstić information content (AvgIpc) is 2.81. The number of carbonyl (C=O) groups excluding carboxylic acids is 1. The maximum absolute atomic E-state index is 11.5. The van der Waals surface area contributed by atoms with E-state index < -0.39 is 0 Å². The monoisotopic (exact) mass is 195 g/mol. The summed E-state index contributed by atoms with van der Waals surface area (Å²) in [6, 6.07) is 2.13. The van der Waals surface area contributed by atoms with Crippen LogP contribution < -0.4 is 0 Å². The highest BCUT2D eigenvalue weighted by Gasteiger charge is 2.24. The van der Waals surface area contributed by atoms with Crippen molar-refractivity contribution < 1.29 is 4.79 Å². The lowest BCUT2D eigenvalue weighted by molar-refractivity contribution is -0.125. The minimum Gasteiger partial charge on any atom is -0.339 e. The van der Waals surface area contributed by atoms with Crippen LogP contribution in [0.1, 0.15) is 15.3 Å². The van der Waals surface area contributed by atoms with E-state index in [2.05, 4.69) is 19.9 Å². The molecule has 0 unspecified atom stereocenters. The Morgan fingerprint density at radius 3 is 2.69 bits per heavy atom. The van der Waals surface area contributed by atoms with Crippen LogP contribution in [-0.4, -0.2) is 23.9 Å². The van der Waals surface area contributed by atoms with Crippen LogP contribution in [0.2, 0.25) is 0 Å². The summed E-state index contributed by atoms with van der Waals surface area (Å²) in [6.45, 7) is 6.09. The van der Waals surface area contributed by atoms with Crippen molar-refractivity contribution in [1.29, 1.82) is 0 Å². The summed E-state index contributed by atoms with van der Waals surface area (Å²) >= 11 is 1.77. The van der Waals surface area contributed by atoms with Crippen molar-refractivity contribution in [2.45, 2.75) is 20.3 Å². The fourth-order valence-corrected chi connectivity index (χ4v) is 2.38. The van der Waals surface area contributed by atoms with Crippen LogP contribution in [0.3, 0.4) is 0 Å². The summed E-state index contributed by atoms with van der Waals surface area (Å²) in [5.74, 6) is 0.279. The summed E-state index contributed by atoms with van der Waals surface area (Å²) in [7, 11) is 0. The lowest BCUT2D eigenvalue weighted by Gasteiger charge is -1.99. The van der Waals surface area contributed by atoms with Gasteiger partial charge in [0.2, 0.25) is 5.91 Å². The number of amides is 1. The highest BCUT2D eigenvalue weighted by atomic mass is 32.1. The van der Waals surface area contributed by atoms with Crippen LogP contribution in [-0.2, 0) is 11.2 Å². The molecule has 13 heavy (non-hydrogen) atoms. The molecule has 2 rings (SSSR count). The summed E-state index contributed by atoms with van der Waals surface area (Å²) < 4.78 is 0. The largest absolute Gasteiger partial charge is 0.339 e. The molecule has 0 bridgehead atoms. The van der Waals surface area contributed by atoms with Crippen LogP contribution in [0.15, 0.2) is 6.07 Å². The fraction of sp³-hybridized carbons (Fsp3) is 0.500. The van der Waals surface area contributed by atoms with Gasteiger partial charge in [-0.05, 0) is 25.5 Å². The van der Waals surface area contributed by atoms with E-state index in [4.69, 9.17) is 0 Å². The van der Waals surface area contributed by atoms with Gasteiger partial charge in [0.15, 0.2) is 0 Å². The molecule has 1 aliphatic rings. The third kappa shape index (κ3) is 1.91. The molecule has 3 heteroatoms. The molecule has 1 saturated heterocycles. The second kappa shape index (κ2) is 3.14. The number of aryl methyl sites for hydroxylation is 2. The highest BCUT2D eigenvalue weighted by Crippen LogP contribution is 2.22. The zero-order chi connectivity index (χ0) is 9.42. The minimum absolute atomic E-state index is 0.279. The van der Waals surface area contributed by atoms with Crippen molar-refractivity contribution in [2.24, 2.45) is 0 Å². The lowest BCUT2D eigenvalue weighted by atomic mass is 10.2. The third-order valence-electron chi connectivity index (χ3n) is 2.29. The Hall–Kier alpha value is -0.830. The number of nitrogens with zero attached hydrogens (tertiary/aromatic N) is 1. The average molecular weight is 195 g/mol. The topological polar surface area (TPSA) is 20.1 Å². The van der Waals surface area contributed by atoms with Gasteiger partial charge in [-0.1, -0.05) is 0 Å². The zero-order valence-electron chi connectivity index (χ0n) is 7.96. The van der Waals surface area contributed by atoms with Gasteiger partial charge in [0.1, 0.15) is 0 Å². The molecule has 1 fully saturated rings. The number of hydrogen-bond acceptors (Lipinski definition) is 2. The number of thiophene rings is 1. The van der Waals surface area contributed by atoms with Crippen LogP contribution in [0, 0.1) is 13.8 Å². The number of carbonyl (C=O) groups is 1. The van der Waals surface area contributed by atoms with E-state index >= 15 is 0 Å². The molecule has 0 aliphatic carbocycles. The first-order chi connectivity index (χ1) is 6.16. The molecule has 70 valence electrons. The number of hydrogen-bond donors (Lipinski definition) is 0. The van der Waals surface area contributed by atoms with Gasteiger partial charge in [-0.25, -0.2) is 0 Å². The van der Waals surface area contributed by atoms with Crippen molar-refractivity contribution in [3.8, 4) is 0 Å². The van der Waals surface area contributed by atoms with Crippen molar-refractivity contribution in [3.63, 3.8) is 0 Å². The predicted molar refractivity (Wildman–Crippen MR) is 54.1 cm³/mol. The van der Waals surface area contributed by atoms with E-state index in [0.717, 1.165) is 13.1 Å². The Morgan fingerprint density at radius 1 is 1.54 bits per heavy atom. The van der Waals surface area contributed by atoms with Crippen molar-refractivity contribution in [2.75, 3.05) is 13.1 Å². The first-order valence-electron chi connectivity index (χ1n) is 4.50. The van der Waals surface area contributed by atoms with E-state index in [1.165, 1.54) is 15.3 Å². The third-order valence-corrected chi connectivity index (χ3v) is 3.29. The Bertz CT molecular complexity index is 339. The molecule has 2 heterocycles.